The number of aromatic nitrogens is 2. The second kappa shape index (κ2) is 5.60. The molecule has 0 unspecified atom stereocenters. The molecule has 0 aliphatic rings. The number of aryl methyl sites for hydroxylation is 2. The summed E-state index contributed by atoms with van der Waals surface area (Å²) in [7, 11) is 0. The molecular weight excluding hydrogens is 262 g/mol. The van der Waals surface area contributed by atoms with Gasteiger partial charge in [0.1, 0.15) is 5.69 Å². The second-order valence-electron chi connectivity index (χ2n) is 4.29. The maximum atomic E-state index is 11.1. The summed E-state index contributed by atoms with van der Waals surface area (Å²) in [5.74, 6) is 0.118. The molecule has 1 aromatic carbocycles. The van der Waals surface area contributed by atoms with E-state index in [9.17, 15) is 15.2 Å². The molecule has 0 saturated carbocycles. The molecule has 2 aromatic rings. The number of phenols is 1. The number of hydrogen-bond acceptors (Lipinski definition) is 5. The van der Waals surface area contributed by atoms with Gasteiger partial charge in [-0.2, -0.15) is 5.10 Å². The maximum absolute atomic E-state index is 11.1. The first kappa shape index (κ1) is 13.9. The zero-order valence-corrected chi connectivity index (χ0v) is 11.2. The van der Waals surface area contributed by atoms with Crippen molar-refractivity contribution in [3.05, 3.63) is 40.1 Å². The summed E-state index contributed by atoms with van der Waals surface area (Å²) in [6.45, 7) is 3.99. The summed E-state index contributed by atoms with van der Waals surface area (Å²) in [6, 6.07) is 6.31. The normalized spacial score (nSPS) is 10.5. The van der Waals surface area contributed by atoms with Crippen LogP contribution in [0.2, 0.25) is 0 Å². The first-order valence-electron chi connectivity index (χ1n) is 6.22. The van der Waals surface area contributed by atoms with E-state index >= 15 is 0 Å². The molecule has 0 atom stereocenters. The Morgan fingerprint density at radius 3 is 2.75 bits per heavy atom. The van der Waals surface area contributed by atoms with Gasteiger partial charge in [0, 0.05) is 6.54 Å². The Balaban J connectivity index is 2.48. The van der Waals surface area contributed by atoms with E-state index in [-0.39, 0.29) is 28.8 Å². The topological polar surface area (TPSA) is 90.4 Å². The minimum Gasteiger partial charge on any atom is -0.504 e. The van der Waals surface area contributed by atoms with E-state index in [1.54, 1.807) is 19.1 Å². The molecule has 0 spiro atoms. The largest absolute Gasteiger partial charge is 0.504 e. The first-order chi connectivity index (χ1) is 9.54. The number of rotatable bonds is 5. The summed E-state index contributed by atoms with van der Waals surface area (Å²) < 4.78 is 6.96. The van der Waals surface area contributed by atoms with E-state index in [2.05, 4.69) is 5.10 Å². The second-order valence-corrected chi connectivity index (χ2v) is 4.29. The number of hydrogen-bond donors (Lipinski definition) is 1. The number of aromatic hydroxyl groups is 1. The summed E-state index contributed by atoms with van der Waals surface area (Å²) in [5, 5.41) is 25.0. The Hall–Kier alpha value is -2.57. The molecule has 0 aliphatic heterocycles. The highest BCUT2D eigenvalue weighted by Crippen LogP contribution is 2.37. The lowest BCUT2D eigenvalue weighted by Gasteiger charge is -2.08. The fourth-order valence-electron chi connectivity index (χ4n) is 1.87. The molecule has 0 fully saturated rings. The monoisotopic (exact) mass is 277 g/mol. The molecular formula is C13H15N3O4. The Labute approximate surface area is 115 Å². The van der Waals surface area contributed by atoms with Crippen molar-refractivity contribution in [2.24, 2.45) is 0 Å². The predicted octanol–water partition coefficient (Wildman–Crippen LogP) is 3.01. The lowest BCUT2D eigenvalue weighted by Crippen LogP contribution is -2.02. The molecule has 1 heterocycles. The zero-order valence-electron chi connectivity index (χ0n) is 11.2. The van der Waals surface area contributed by atoms with Gasteiger partial charge in [-0.3, -0.25) is 10.1 Å². The van der Waals surface area contributed by atoms with E-state index in [0.717, 1.165) is 6.42 Å². The fraction of sp³-hybridized carbons (Fsp3) is 0.308. The third-order valence-corrected chi connectivity index (χ3v) is 2.74. The molecule has 0 bridgehead atoms. The molecule has 1 aromatic heterocycles. The highest BCUT2D eigenvalue weighted by Gasteiger charge is 2.27. The van der Waals surface area contributed by atoms with Crippen LogP contribution >= 0.6 is 0 Å². The van der Waals surface area contributed by atoms with E-state index in [1.165, 1.54) is 16.8 Å². The van der Waals surface area contributed by atoms with Gasteiger partial charge in [-0.1, -0.05) is 19.1 Å². The standard InChI is InChI=1S/C13H15N3O4/c1-3-8-15-13(12(16(18)19)9(2)14-15)20-11-7-5-4-6-10(11)17/h4-7,17H,3,8H2,1-2H3. The Morgan fingerprint density at radius 1 is 1.45 bits per heavy atom. The van der Waals surface area contributed by atoms with E-state index in [0.29, 0.717) is 6.54 Å². The number of ether oxygens (including phenoxy) is 1. The van der Waals surface area contributed by atoms with Crippen LogP contribution in [-0.2, 0) is 6.54 Å². The Morgan fingerprint density at radius 2 is 2.15 bits per heavy atom. The molecule has 0 aliphatic carbocycles. The number of para-hydroxylation sites is 2. The van der Waals surface area contributed by atoms with Gasteiger partial charge in [0.05, 0.1) is 4.92 Å². The van der Waals surface area contributed by atoms with E-state index < -0.39 is 4.92 Å². The van der Waals surface area contributed by atoms with Crippen molar-refractivity contribution in [3.8, 4) is 17.4 Å². The van der Waals surface area contributed by atoms with Crippen molar-refractivity contribution in [1.29, 1.82) is 0 Å². The zero-order chi connectivity index (χ0) is 14.7. The third kappa shape index (κ3) is 2.56. The smallest absolute Gasteiger partial charge is 0.353 e. The summed E-state index contributed by atoms with van der Waals surface area (Å²) in [6.07, 6.45) is 0.759. The van der Waals surface area contributed by atoms with Crippen molar-refractivity contribution in [1.82, 2.24) is 9.78 Å². The van der Waals surface area contributed by atoms with Gasteiger partial charge in [0.2, 0.25) is 0 Å². The number of nitrogens with zero attached hydrogens (tertiary/aromatic N) is 3. The van der Waals surface area contributed by atoms with Gasteiger partial charge in [-0.05, 0) is 25.5 Å². The molecule has 0 saturated heterocycles. The fourth-order valence-corrected chi connectivity index (χ4v) is 1.87. The van der Waals surface area contributed by atoms with Gasteiger partial charge in [-0.25, -0.2) is 4.68 Å². The van der Waals surface area contributed by atoms with Gasteiger partial charge in [0.15, 0.2) is 11.5 Å². The predicted molar refractivity (Wildman–Crippen MR) is 72.1 cm³/mol. The van der Waals surface area contributed by atoms with Gasteiger partial charge < -0.3 is 9.84 Å². The molecule has 7 heteroatoms. The SMILES string of the molecule is CCCn1nc(C)c([N+](=O)[O-])c1Oc1ccccc1O. The minimum absolute atomic E-state index is 0.0378. The maximum Gasteiger partial charge on any atom is 0.353 e. The highest BCUT2D eigenvalue weighted by atomic mass is 16.6. The molecule has 20 heavy (non-hydrogen) atoms. The highest BCUT2D eigenvalue weighted by molar-refractivity contribution is 5.50. The van der Waals surface area contributed by atoms with Gasteiger partial charge in [0.25, 0.3) is 5.88 Å². The summed E-state index contributed by atoms with van der Waals surface area (Å²) in [4.78, 5) is 10.6. The van der Waals surface area contributed by atoms with E-state index in [1.807, 2.05) is 6.92 Å². The number of benzene rings is 1. The molecule has 106 valence electrons. The van der Waals surface area contributed by atoms with Crippen LogP contribution in [0.5, 0.6) is 17.4 Å². The van der Waals surface area contributed by atoms with Crippen molar-refractivity contribution >= 4 is 5.69 Å². The third-order valence-electron chi connectivity index (χ3n) is 2.74. The van der Waals surface area contributed by atoms with Crippen LogP contribution in [-0.4, -0.2) is 19.8 Å². The van der Waals surface area contributed by atoms with Crippen LogP contribution in [0.3, 0.4) is 0 Å². The Kier molecular flexibility index (Phi) is 3.88. The van der Waals surface area contributed by atoms with Crippen LogP contribution in [0.4, 0.5) is 5.69 Å². The lowest BCUT2D eigenvalue weighted by molar-refractivity contribution is -0.386. The Bertz CT molecular complexity index is 637. The molecule has 0 radical (unpaired) electrons. The van der Waals surface area contributed by atoms with Crippen LogP contribution in [0.1, 0.15) is 19.0 Å². The van der Waals surface area contributed by atoms with Crippen molar-refractivity contribution in [2.45, 2.75) is 26.8 Å². The minimum atomic E-state index is -0.524. The lowest BCUT2D eigenvalue weighted by atomic mass is 10.3. The van der Waals surface area contributed by atoms with Gasteiger partial charge >= 0.3 is 5.69 Å². The van der Waals surface area contributed by atoms with Crippen LogP contribution < -0.4 is 4.74 Å². The summed E-state index contributed by atoms with van der Waals surface area (Å²) in [5.41, 5.74) is 0.107. The summed E-state index contributed by atoms with van der Waals surface area (Å²) >= 11 is 0. The molecule has 1 N–H and O–H groups in total. The van der Waals surface area contributed by atoms with Crippen molar-refractivity contribution in [3.63, 3.8) is 0 Å². The molecule has 7 nitrogen and oxygen atoms in total. The number of nitro groups is 1. The quantitative estimate of drug-likeness (QED) is 0.670. The van der Waals surface area contributed by atoms with Crippen LogP contribution in [0.25, 0.3) is 0 Å². The van der Waals surface area contributed by atoms with Crippen molar-refractivity contribution in [2.75, 3.05) is 0 Å². The number of phenolic OH excluding ortho intramolecular Hbond substituents is 1. The van der Waals surface area contributed by atoms with Gasteiger partial charge in [-0.15, -0.1) is 0 Å². The first-order valence-corrected chi connectivity index (χ1v) is 6.22. The van der Waals surface area contributed by atoms with Crippen LogP contribution in [0.15, 0.2) is 24.3 Å². The average molecular weight is 277 g/mol. The molecule has 2 rings (SSSR count). The average Bonchev–Trinajstić information content (AvgIpc) is 2.69. The van der Waals surface area contributed by atoms with E-state index in [4.69, 9.17) is 4.74 Å². The molecule has 0 amide bonds. The van der Waals surface area contributed by atoms with Crippen molar-refractivity contribution < 1.29 is 14.8 Å². The van der Waals surface area contributed by atoms with Crippen LogP contribution in [0, 0.1) is 17.0 Å².